The highest BCUT2D eigenvalue weighted by molar-refractivity contribution is 6.33. The van der Waals surface area contributed by atoms with Gasteiger partial charge in [0, 0.05) is 65.7 Å². The van der Waals surface area contributed by atoms with Crippen LogP contribution in [0.25, 0.3) is 33.4 Å². The number of anilines is 1. The van der Waals surface area contributed by atoms with Crippen molar-refractivity contribution in [2.24, 2.45) is 17.8 Å². The minimum absolute atomic E-state index is 0.0769. The van der Waals surface area contributed by atoms with Gasteiger partial charge in [0.15, 0.2) is 0 Å². The Kier molecular flexibility index (Phi) is 5.73. The van der Waals surface area contributed by atoms with Gasteiger partial charge < -0.3 is 10.2 Å². The largest absolute Gasteiger partial charge is 0.354 e. The minimum Gasteiger partial charge on any atom is -0.354 e. The van der Waals surface area contributed by atoms with Gasteiger partial charge in [-0.05, 0) is 50.8 Å². The first-order valence-corrected chi connectivity index (χ1v) is 12.7. The van der Waals surface area contributed by atoms with Crippen LogP contribution >= 0.6 is 11.6 Å². The number of pyridine rings is 1. The minimum atomic E-state index is -0.0769. The molecule has 2 aliphatic rings. The van der Waals surface area contributed by atoms with Crippen molar-refractivity contribution < 1.29 is 0 Å². The summed E-state index contributed by atoms with van der Waals surface area (Å²) in [7, 11) is 2.16. The molecule has 6 rings (SSSR count). The molecule has 0 bridgehead atoms. The summed E-state index contributed by atoms with van der Waals surface area (Å²) >= 11 is 6.76. The van der Waals surface area contributed by atoms with E-state index in [0.29, 0.717) is 58.6 Å². The molecule has 1 N–H and O–H groups in total. The normalized spacial score (nSPS) is 21.1. The van der Waals surface area contributed by atoms with Crippen LogP contribution in [0.5, 0.6) is 0 Å². The van der Waals surface area contributed by atoms with Crippen molar-refractivity contribution in [3.8, 4) is 22.4 Å². The van der Waals surface area contributed by atoms with Crippen LogP contribution in [-0.2, 0) is 6.54 Å². The highest BCUT2D eigenvalue weighted by Crippen LogP contribution is 2.52. The number of aromatic nitrogens is 5. The molecule has 0 radical (unpaired) electrons. The fraction of sp³-hybridized carbons (Fsp3) is 0.370. The van der Waals surface area contributed by atoms with E-state index in [-0.39, 0.29) is 5.56 Å². The lowest BCUT2D eigenvalue weighted by molar-refractivity contribution is 0.332. The van der Waals surface area contributed by atoms with Gasteiger partial charge in [-0.3, -0.25) is 14.3 Å². The first-order valence-electron chi connectivity index (χ1n) is 12.3. The van der Waals surface area contributed by atoms with Crippen molar-refractivity contribution in [1.29, 1.82) is 0 Å². The Morgan fingerprint density at radius 1 is 1.08 bits per heavy atom. The fourth-order valence-electron chi connectivity index (χ4n) is 5.60. The van der Waals surface area contributed by atoms with Crippen LogP contribution < -0.4 is 10.9 Å². The zero-order valence-electron chi connectivity index (χ0n) is 20.6. The third kappa shape index (κ3) is 4.04. The third-order valence-electron chi connectivity index (χ3n) is 7.42. The maximum atomic E-state index is 13.9. The van der Waals surface area contributed by atoms with Gasteiger partial charge in [-0.25, -0.2) is 9.97 Å². The average Bonchev–Trinajstić information content (AvgIpc) is 3.31. The number of piperidine rings is 1. The van der Waals surface area contributed by atoms with Crippen LogP contribution in [0, 0.1) is 24.7 Å². The van der Waals surface area contributed by atoms with Gasteiger partial charge in [0.1, 0.15) is 5.65 Å². The molecule has 1 saturated heterocycles. The van der Waals surface area contributed by atoms with Gasteiger partial charge in [-0.1, -0.05) is 23.7 Å². The zero-order valence-corrected chi connectivity index (χ0v) is 21.3. The number of rotatable bonds is 6. The molecule has 4 aromatic rings. The van der Waals surface area contributed by atoms with Crippen LogP contribution in [0.3, 0.4) is 0 Å². The van der Waals surface area contributed by atoms with Gasteiger partial charge in [0.25, 0.3) is 5.56 Å². The molecule has 3 aromatic heterocycles. The Bertz CT molecular complexity index is 1520. The molecule has 36 heavy (non-hydrogen) atoms. The summed E-state index contributed by atoms with van der Waals surface area (Å²) in [5.74, 6) is 2.32. The standard InChI is InChI=1S/C27H28ClN7O/c1-4-30-27-31-10-17-7-19(18-6-5-16(8-23(18)28)24-11-29-9-15(2)32-24)26(36)35(25(17)33-27)14-22-20-12-34(3)13-21(20)22/h5-11,20-22H,4,12-14H2,1-3H3,(H,30,31,33). The number of benzene rings is 1. The van der Waals surface area contributed by atoms with Gasteiger partial charge in [0.05, 0.1) is 17.6 Å². The predicted octanol–water partition coefficient (Wildman–Crippen LogP) is 4.12. The number of likely N-dealkylation sites (tertiary alicyclic amines) is 1. The second-order valence-electron chi connectivity index (χ2n) is 9.93. The van der Waals surface area contributed by atoms with Gasteiger partial charge in [-0.15, -0.1) is 0 Å². The highest BCUT2D eigenvalue weighted by atomic mass is 35.5. The van der Waals surface area contributed by atoms with E-state index in [2.05, 4.69) is 32.2 Å². The highest BCUT2D eigenvalue weighted by Gasteiger charge is 2.54. The van der Waals surface area contributed by atoms with E-state index in [1.807, 2.05) is 42.7 Å². The van der Waals surface area contributed by atoms with Crippen LogP contribution in [0.1, 0.15) is 12.6 Å². The number of nitrogens with one attached hydrogen (secondary N) is 1. The molecule has 2 unspecified atom stereocenters. The molecular weight excluding hydrogens is 474 g/mol. The average molecular weight is 502 g/mol. The van der Waals surface area contributed by atoms with Crippen LogP contribution in [-0.4, -0.2) is 56.1 Å². The van der Waals surface area contributed by atoms with E-state index in [1.54, 1.807) is 18.6 Å². The molecule has 4 heterocycles. The number of hydrogen-bond donors (Lipinski definition) is 1. The Labute approximate surface area is 214 Å². The predicted molar refractivity (Wildman–Crippen MR) is 142 cm³/mol. The number of halogens is 1. The first kappa shape index (κ1) is 23.1. The summed E-state index contributed by atoms with van der Waals surface area (Å²) < 4.78 is 1.84. The summed E-state index contributed by atoms with van der Waals surface area (Å²) in [5, 5.41) is 4.48. The Balaban J connectivity index is 1.44. The quantitative estimate of drug-likeness (QED) is 0.425. The summed E-state index contributed by atoms with van der Waals surface area (Å²) in [6, 6.07) is 7.53. The van der Waals surface area contributed by atoms with E-state index in [1.165, 1.54) is 0 Å². The number of aryl methyl sites for hydroxylation is 1. The lowest BCUT2D eigenvalue weighted by Crippen LogP contribution is -2.27. The van der Waals surface area contributed by atoms with Crippen molar-refractivity contribution in [3.63, 3.8) is 0 Å². The Hall–Kier alpha value is -3.36. The van der Waals surface area contributed by atoms with Crippen molar-refractivity contribution >= 4 is 28.6 Å². The lowest BCUT2D eigenvalue weighted by atomic mass is 10.0. The monoisotopic (exact) mass is 501 g/mol. The zero-order chi connectivity index (χ0) is 25.0. The van der Waals surface area contributed by atoms with Crippen LogP contribution in [0.2, 0.25) is 5.02 Å². The van der Waals surface area contributed by atoms with E-state index in [9.17, 15) is 4.79 Å². The third-order valence-corrected chi connectivity index (χ3v) is 7.73. The van der Waals surface area contributed by atoms with Gasteiger partial charge in [-0.2, -0.15) is 4.98 Å². The summed E-state index contributed by atoms with van der Waals surface area (Å²) in [4.78, 5) is 34.3. The van der Waals surface area contributed by atoms with Gasteiger partial charge in [0.2, 0.25) is 5.95 Å². The van der Waals surface area contributed by atoms with E-state index >= 15 is 0 Å². The maximum absolute atomic E-state index is 13.9. The molecule has 8 nitrogen and oxygen atoms in total. The summed E-state index contributed by atoms with van der Waals surface area (Å²) in [6.45, 7) is 7.45. The molecule has 9 heteroatoms. The van der Waals surface area contributed by atoms with Crippen LogP contribution in [0.4, 0.5) is 5.95 Å². The Morgan fingerprint density at radius 2 is 1.89 bits per heavy atom. The smallest absolute Gasteiger partial charge is 0.260 e. The van der Waals surface area contributed by atoms with Crippen molar-refractivity contribution in [3.05, 3.63) is 63.9 Å². The van der Waals surface area contributed by atoms with Crippen molar-refractivity contribution in [1.82, 2.24) is 29.4 Å². The molecule has 0 amide bonds. The number of hydrogen-bond acceptors (Lipinski definition) is 7. The second-order valence-corrected chi connectivity index (χ2v) is 10.3. The lowest BCUT2D eigenvalue weighted by Gasteiger charge is -2.17. The first-order chi connectivity index (χ1) is 17.4. The van der Waals surface area contributed by atoms with Crippen LogP contribution in [0.15, 0.2) is 47.7 Å². The molecule has 184 valence electrons. The topological polar surface area (TPSA) is 88.8 Å². The molecule has 0 spiro atoms. The van der Waals surface area contributed by atoms with Crippen molar-refractivity contribution in [2.75, 3.05) is 32.0 Å². The SMILES string of the molecule is CCNc1ncc2cc(-c3ccc(-c4cncc(C)n4)cc3Cl)c(=O)n(CC3C4CN(C)CC43)c2n1. The molecule has 2 atom stereocenters. The van der Waals surface area contributed by atoms with Gasteiger partial charge >= 0.3 is 0 Å². The number of nitrogens with zero attached hydrogens (tertiary/aromatic N) is 6. The summed E-state index contributed by atoms with van der Waals surface area (Å²) in [5.41, 5.74) is 4.26. The van der Waals surface area contributed by atoms with E-state index in [4.69, 9.17) is 16.6 Å². The number of fused-ring (bicyclic) bond motifs is 2. The van der Waals surface area contributed by atoms with Crippen molar-refractivity contribution in [2.45, 2.75) is 20.4 Å². The molecule has 1 aliphatic carbocycles. The Morgan fingerprint density at radius 3 is 2.61 bits per heavy atom. The summed E-state index contributed by atoms with van der Waals surface area (Å²) in [6.07, 6.45) is 5.21. The maximum Gasteiger partial charge on any atom is 0.260 e. The molecule has 1 aromatic carbocycles. The van der Waals surface area contributed by atoms with E-state index in [0.717, 1.165) is 35.4 Å². The molecule has 2 fully saturated rings. The molecule has 1 saturated carbocycles. The second kappa shape index (κ2) is 8.94. The fourth-order valence-corrected chi connectivity index (χ4v) is 5.88. The molecule has 1 aliphatic heterocycles. The van der Waals surface area contributed by atoms with E-state index < -0.39 is 0 Å². The molecular formula is C27H28ClN7O.